The lowest BCUT2D eigenvalue weighted by Crippen LogP contribution is -2.24. The molecule has 1 atom stereocenters. The van der Waals surface area contributed by atoms with E-state index >= 15 is 0 Å². The van der Waals surface area contributed by atoms with Crippen LogP contribution in [-0.2, 0) is 17.6 Å². The second kappa shape index (κ2) is 9.45. The normalized spacial score (nSPS) is 16.4. The molecular formula is C20H25ClN2O. The van der Waals surface area contributed by atoms with Crippen molar-refractivity contribution < 1.29 is 4.79 Å². The molecule has 1 heterocycles. The quantitative estimate of drug-likeness (QED) is 0.836. The summed E-state index contributed by atoms with van der Waals surface area (Å²) in [6.45, 7) is 1.74. The van der Waals surface area contributed by atoms with Gasteiger partial charge in [-0.3, -0.25) is 4.79 Å². The Morgan fingerprint density at radius 2 is 1.67 bits per heavy atom. The van der Waals surface area contributed by atoms with Crippen LogP contribution >= 0.6 is 12.4 Å². The van der Waals surface area contributed by atoms with Crippen molar-refractivity contribution in [3.63, 3.8) is 0 Å². The molecule has 1 fully saturated rings. The molecule has 0 aliphatic carbocycles. The summed E-state index contributed by atoms with van der Waals surface area (Å²) in [4.78, 5) is 12.1. The molecule has 3 rings (SSSR count). The number of nitrogens with one attached hydrogen (secondary N) is 2. The lowest BCUT2D eigenvalue weighted by molar-refractivity contribution is -0.119. The molecule has 2 N–H and O–H groups in total. The van der Waals surface area contributed by atoms with Gasteiger partial charge < -0.3 is 10.6 Å². The average molecular weight is 345 g/mol. The molecule has 0 radical (unpaired) electrons. The second-order valence-corrected chi connectivity index (χ2v) is 6.22. The molecule has 1 aliphatic heterocycles. The van der Waals surface area contributed by atoms with Gasteiger partial charge in [0, 0.05) is 12.2 Å². The van der Waals surface area contributed by atoms with Crippen LogP contribution in [0.4, 0.5) is 5.69 Å². The number of benzene rings is 2. The van der Waals surface area contributed by atoms with Crippen molar-refractivity contribution in [1.29, 1.82) is 0 Å². The predicted molar refractivity (Wildman–Crippen MR) is 102 cm³/mol. The van der Waals surface area contributed by atoms with E-state index in [9.17, 15) is 4.79 Å². The minimum atomic E-state index is 0. The van der Waals surface area contributed by atoms with Crippen molar-refractivity contribution in [2.24, 2.45) is 5.92 Å². The lowest BCUT2D eigenvalue weighted by atomic mass is 10.0. The van der Waals surface area contributed by atoms with Crippen molar-refractivity contribution in [2.45, 2.75) is 25.7 Å². The molecule has 0 aromatic heterocycles. The van der Waals surface area contributed by atoms with E-state index in [2.05, 4.69) is 53.1 Å². The van der Waals surface area contributed by atoms with Gasteiger partial charge in [0.2, 0.25) is 5.91 Å². The highest BCUT2D eigenvalue weighted by atomic mass is 35.5. The smallest absolute Gasteiger partial charge is 0.228 e. The van der Waals surface area contributed by atoms with Gasteiger partial charge in [0.1, 0.15) is 0 Å². The summed E-state index contributed by atoms with van der Waals surface area (Å²) >= 11 is 0. The number of hydrogen-bond donors (Lipinski definition) is 2. The average Bonchev–Trinajstić information content (AvgIpc) is 3.12. The Morgan fingerprint density at radius 3 is 2.29 bits per heavy atom. The third kappa shape index (κ3) is 5.36. The molecule has 1 saturated heterocycles. The largest absolute Gasteiger partial charge is 0.326 e. The fourth-order valence-corrected chi connectivity index (χ4v) is 3.02. The van der Waals surface area contributed by atoms with Gasteiger partial charge >= 0.3 is 0 Å². The first-order valence-electron chi connectivity index (χ1n) is 8.46. The molecule has 2 aromatic carbocycles. The van der Waals surface area contributed by atoms with Gasteiger partial charge in [-0.25, -0.2) is 0 Å². The second-order valence-electron chi connectivity index (χ2n) is 6.22. The highest BCUT2D eigenvalue weighted by Gasteiger charge is 2.22. The van der Waals surface area contributed by atoms with E-state index in [1.807, 2.05) is 12.1 Å². The zero-order chi connectivity index (χ0) is 15.9. The molecule has 128 valence electrons. The topological polar surface area (TPSA) is 41.1 Å². The maximum atomic E-state index is 12.1. The molecule has 1 aliphatic rings. The third-order valence-electron chi connectivity index (χ3n) is 4.43. The fraction of sp³-hybridized carbons (Fsp3) is 0.350. The van der Waals surface area contributed by atoms with Crippen LogP contribution in [0.2, 0.25) is 0 Å². The molecule has 0 saturated carbocycles. The first kappa shape index (κ1) is 18.5. The van der Waals surface area contributed by atoms with E-state index in [4.69, 9.17) is 0 Å². The van der Waals surface area contributed by atoms with E-state index in [0.29, 0.717) is 0 Å². The van der Waals surface area contributed by atoms with E-state index in [0.717, 1.165) is 44.5 Å². The minimum Gasteiger partial charge on any atom is -0.326 e. The molecule has 2 aromatic rings. The number of amides is 1. The van der Waals surface area contributed by atoms with Gasteiger partial charge in [-0.15, -0.1) is 12.4 Å². The van der Waals surface area contributed by atoms with Crippen LogP contribution in [0, 0.1) is 5.92 Å². The molecule has 3 nitrogen and oxygen atoms in total. The van der Waals surface area contributed by atoms with Crippen molar-refractivity contribution in [3.8, 4) is 0 Å². The van der Waals surface area contributed by atoms with Crippen LogP contribution in [0.15, 0.2) is 54.6 Å². The van der Waals surface area contributed by atoms with E-state index in [1.54, 1.807) is 0 Å². The number of halogens is 1. The van der Waals surface area contributed by atoms with Crippen molar-refractivity contribution in [2.75, 3.05) is 18.4 Å². The van der Waals surface area contributed by atoms with Gasteiger partial charge in [0.15, 0.2) is 0 Å². The maximum absolute atomic E-state index is 12.1. The number of aryl methyl sites for hydroxylation is 2. The molecular weight excluding hydrogens is 320 g/mol. The monoisotopic (exact) mass is 344 g/mol. The Labute approximate surface area is 150 Å². The van der Waals surface area contributed by atoms with Crippen LogP contribution < -0.4 is 10.6 Å². The van der Waals surface area contributed by atoms with Gasteiger partial charge in [-0.05, 0) is 55.5 Å². The van der Waals surface area contributed by atoms with Gasteiger partial charge in [-0.2, -0.15) is 0 Å². The summed E-state index contributed by atoms with van der Waals surface area (Å²) in [5.74, 6) is 0.243. The molecule has 0 bridgehead atoms. The Hall–Kier alpha value is -1.84. The summed E-state index contributed by atoms with van der Waals surface area (Å²) in [7, 11) is 0. The van der Waals surface area contributed by atoms with Gasteiger partial charge in [-0.1, -0.05) is 42.5 Å². The van der Waals surface area contributed by atoms with Crippen LogP contribution in [0.1, 0.15) is 24.0 Å². The summed E-state index contributed by atoms with van der Waals surface area (Å²) in [6.07, 6.45) is 4.25. The molecule has 24 heavy (non-hydrogen) atoms. The summed E-state index contributed by atoms with van der Waals surface area (Å²) < 4.78 is 0. The maximum Gasteiger partial charge on any atom is 0.228 e. The molecule has 1 unspecified atom stereocenters. The molecule has 1 amide bonds. The number of rotatable bonds is 6. The van der Waals surface area contributed by atoms with Gasteiger partial charge in [0.05, 0.1) is 5.92 Å². The van der Waals surface area contributed by atoms with E-state index in [1.165, 1.54) is 11.1 Å². The van der Waals surface area contributed by atoms with Crippen LogP contribution in [0.5, 0.6) is 0 Å². The number of carbonyl (C=O) groups is 1. The molecule has 0 spiro atoms. The van der Waals surface area contributed by atoms with E-state index in [-0.39, 0.29) is 24.2 Å². The lowest BCUT2D eigenvalue weighted by Gasteiger charge is -2.10. The Morgan fingerprint density at radius 1 is 1.00 bits per heavy atom. The van der Waals surface area contributed by atoms with Crippen molar-refractivity contribution in [3.05, 3.63) is 65.7 Å². The van der Waals surface area contributed by atoms with Crippen molar-refractivity contribution >= 4 is 24.0 Å². The predicted octanol–water partition coefficient (Wildman–Crippen LogP) is 3.83. The number of carbonyl (C=O) groups excluding carboxylic acids is 1. The highest BCUT2D eigenvalue weighted by molar-refractivity contribution is 5.92. The zero-order valence-corrected chi connectivity index (χ0v) is 14.6. The van der Waals surface area contributed by atoms with Gasteiger partial charge in [0.25, 0.3) is 0 Å². The van der Waals surface area contributed by atoms with E-state index < -0.39 is 0 Å². The summed E-state index contributed by atoms with van der Waals surface area (Å²) in [5.41, 5.74) is 3.61. The SMILES string of the molecule is Cl.O=C(Nc1ccc(CCCc2ccccc2)cc1)C1CCNC1. The zero-order valence-electron chi connectivity index (χ0n) is 13.8. The Balaban J connectivity index is 0.00000208. The minimum absolute atomic E-state index is 0. The Bertz CT molecular complexity index is 622. The molecule has 4 heteroatoms. The third-order valence-corrected chi connectivity index (χ3v) is 4.43. The first-order chi connectivity index (χ1) is 11.3. The standard InChI is InChI=1S/C20H24N2O.ClH/c23-20(18-13-14-21-15-18)22-19-11-9-17(10-12-19)8-4-7-16-5-2-1-3-6-16;/h1-3,5-6,9-12,18,21H,4,7-8,13-15H2,(H,22,23);1H. The van der Waals surface area contributed by atoms with Crippen LogP contribution in [-0.4, -0.2) is 19.0 Å². The van der Waals surface area contributed by atoms with Crippen LogP contribution in [0.3, 0.4) is 0 Å². The fourth-order valence-electron chi connectivity index (χ4n) is 3.02. The number of hydrogen-bond acceptors (Lipinski definition) is 2. The first-order valence-corrected chi connectivity index (χ1v) is 8.46. The summed E-state index contributed by atoms with van der Waals surface area (Å²) in [5, 5.41) is 6.24. The van der Waals surface area contributed by atoms with Crippen LogP contribution in [0.25, 0.3) is 0 Å². The summed E-state index contributed by atoms with van der Waals surface area (Å²) in [6, 6.07) is 18.8. The van der Waals surface area contributed by atoms with Crippen molar-refractivity contribution in [1.82, 2.24) is 5.32 Å². The Kier molecular flexibility index (Phi) is 7.29. The highest BCUT2D eigenvalue weighted by Crippen LogP contribution is 2.15. The number of anilines is 1.